The molecule has 1 amide bonds. The molecule has 5 aromatic rings. The SMILES string of the molecule is COc1ccc(S(=O)(=O)N(CC(OCc2ccccc2)C(Cc2ccccc2)NC(=O)OC(C)(C)C)CC(C)(C)OCP(=O)(OCc2ccccc2)OCc2ccccc2)cc1. The van der Waals surface area contributed by atoms with Gasteiger partial charge in [0.05, 0.1) is 49.6 Å². The van der Waals surface area contributed by atoms with Crippen molar-refractivity contribution in [2.75, 3.05) is 26.5 Å². The lowest BCUT2D eigenvalue weighted by molar-refractivity contribution is -0.0336. The van der Waals surface area contributed by atoms with Crippen molar-refractivity contribution in [3.8, 4) is 5.75 Å². The Bertz CT molecular complexity index is 2210. The number of alkyl carbamates (subject to hydrolysis) is 1. The molecule has 12 nitrogen and oxygen atoms in total. The van der Waals surface area contributed by atoms with Crippen LogP contribution in [0.2, 0.25) is 0 Å². The van der Waals surface area contributed by atoms with Crippen LogP contribution in [0, 0.1) is 0 Å². The number of rotatable bonds is 23. The summed E-state index contributed by atoms with van der Waals surface area (Å²) in [5.74, 6) is 0.481. The van der Waals surface area contributed by atoms with Gasteiger partial charge in [-0.3, -0.25) is 4.57 Å². The zero-order valence-electron chi connectivity index (χ0n) is 36.3. The summed E-state index contributed by atoms with van der Waals surface area (Å²) in [7, 11) is -6.75. The summed E-state index contributed by atoms with van der Waals surface area (Å²) in [6.07, 6.45) is -1.79. The highest BCUT2D eigenvalue weighted by molar-refractivity contribution is 7.89. The van der Waals surface area contributed by atoms with Gasteiger partial charge in [-0.05, 0) is 87.6 Å². The van der Waals surface area contributed by atoms with Crippen molar-refractivity contribution in [1.82, 2.24) is 9.62 Å². The third kappa shape index (κ3) is 15.8. The fourth-order valence-electron chi connectivity index (χ4n) is 6.35. The first kappa shape index (κ1) is 48.2. The quantitative estimate of drug-likeness (QED) is 0.0631. The molecule has 14 heteroatoms. The van der Waals surface area contributed by atoms with E-state index in [2.05, 4.69) is 5.32 Å². The van der Waals surface area contributed by atoms with E-state index in [1.54, 1.807) is 46.8 Å². The lowest BCUT2D eigenvalue weighted by Crippen LogP contribution is -2.54. The maximum absolute atomic E-state index is 14.9. The van der Waals surface area contributed by atoms with Crippen molar-refractivity contribution < 1.29 is 45.8 Å². The molecule has 0 spiro atoms. The molecule has 0 fully saturated rings. The van der Waals surface area contributed by atoms with Crippen LogP contribution in [0.5, 0.6) is 5.75 Å². The maximum Gasteiger partial charge on any atom is 0.407 e. The topological polar surface area (TPSA) is 139 Å². The third-order valence-electron chi connectivity index (χ3n) is 9.55. The minimum absolute atomic E-state index is 0.00122. The van der Waals surface area contributed by atoms with Crippen molar-refractivity contribution in [2.45, 2.75) is 89.1 Å². The van der Waals surface area contributed by atoms with Gasteiger partial charge in [-0.2, -0.15) is 4.31 Å². The van der Waals surface area contributed by atoms with Crippen molar-refractivity contribution in [2.24, 2.45) is 0 Å². The normalized spacial score (nSPS) is 13.3. The summed E-state index contributed by atoms with van der Waals surface area (Å²) in [6.45, 7) is 8.39. The zero-order valence-corrected chi connectivity index (χ0v) is 38.1. The van der Waals surface area contributed by atoms with Crippen LogP contribution in [-0.2, 0) is 64.1 Å². The Balaban J connectivity index is 1.49. The monoisotopic (exact) mass is 886 g/mol. The van der Waals surface area contributed by atoms with E-state index in [1.165, 1.54) is 23.5 Å². The fraction of sp³-hybridized carbons (Fsp3) is 0.354. The molecule has 0 aliphatic rings. The van der Waals surface area contributed by atoms with Gasteiger partial charge < -0.3 is 33.3 Å². The van der Waals surface area contributed by atoms with Crippen LogP contribution in [0.1, 0.15) is 56.9 Å². The highest BCUT2D eigenvalue weighted by Crippen LogP contribution is 2.50. The van der Waals surface area contributed by atoms with Crippen molar-refractivity contribution in [3.05, 3.63) is 168 Å². The predicted octanol–water partition coefficient (Wildman–Crippen LogP) is 9.79. The van der Waals surface area contributed by atoms with Crippen molar-refractivity contribution in [1.29, 1.82) is 0 Å². The number of hydrogen-bond donors (Lipinski definition) is 1. The molecule has 0 aliphatic heterocycles. The van der Waals surface area contributed by atoms with E-state index in [1.807, 2.05) is 121 Å². The summed E-state index contributed by atoms with van der Waals surface area (Å²) >= 11 is 0. The van der Waals surface area contributed by atoms with Gasteiger partial charge in [0.15, 0.2) is 0 Å². The smallest absolute Gasteiger partial charge is 0.407 e. The molecule has 0 aliphatic carbocycles. The number of methoxy groups -OCH3 is 1. The molecule has 62 heavy (non-hydrogen) atoms. The molecule has 332 valence electrons. The zero-order chi connectivity index (χ0) is 44.6. The Labute approximate surface area is 367 Å². The van der Waals surface area contributed by atoms with E-state index in [-0.39, 0.29) is 44.2 Å². The summed E-state index contributed by atoms with van der Waals surface area (Å²) in [6, 6.07) is 42.9. The molecule has 5 aromatic carbocycles. The molecular weight excluding hydrogens is 828 g/mol. The number of nitrogens with zero attached hydrogens (tertiary/aromatic N) is 1. The predicted molar refractivity (Wildman–Crippen MR) is 240 cm³/mol. The largest absolute Gasteiger partial charge is 0.497 e. The molecule has 0 radical (unpaired) electrons. The number of sulfonamides is 1. The number of carbonyl (C=O) groups excluding carboxylic acids is 1. The summed E-state index contributed by atoms with van der Waals surface area (Å²) in [5.41, 5.74) is 1.23. The minimum Gasteiger partial charge on any atom is -0.497 e. The lowest BCUT2D eigenvalue weighted by atomic mass is 10.0. The fourth-order valence-corrected chi connectivity index (χ4v) is 9.38. The molecule has 0 saturated heterocycles. The van der Waals surface area contributed by atoms with Gasteiger partial charge in [0.1, 0.15) is 17.7 Å². The number of benzene rings is 5. The molecular formula is C48H59N2O10PS. The van der Waals surface area contributed by atoms with Gasteiger partial charge in [-0.25, -0.2) is 13.2 Å². The second kappa shape index (κ2) is 22.5. The number of carbonyl (C=O) groups is 1. The van der Waals surface area contributed by atoms with Crippen LogP contribution in [0.3, 0.4) is 0 Å². The number of hydrogen-bond acceptors (Lipinski definition) is 10. The van der Waals surface area contributed by atoms with Crippen LogP contribution >= 0.6 is 7.60 Å². The van der Waals surface area contributed by atoms with Crippen LogP contribution in [0.4, 0.5) is 4.79 Å². The van der Waals surface area contributed by atoms with Crippen LogP contribution < -0.4 is 10.1 Å². The van der Waals surface area contributed by atoms with Gasteiger partial charge in [0, 0.05) is 13.1 Å². The molecule has 2 unspecified atom stereocenters. The Morgan fingerprint density at radius 2 is 1.15 bits per heavy atom. The van der Waals surface area contributed by atoms with Gasteiger partial charge in [-0.15, -0.1) is 0 Å². The van der Waals surface area contributed by atoms with E-state index in [0.29, 0.717) is 5.75 Å². The van der Waals surface area contributed by atoms with Crippen LogP contribution in [0.25, 0.3) is 0 Å². The van der Waals surface area contributed by atoms with E-state index in [0.717, 1.165) is 22.3 Å². The van der Waals surface area contributed by atoms with Crippen LogP contribution in [-0.4, -0.2) is 68.7 Å². The standard InChI is InChI=1S/C48H59N2O10PS/c1-47(2,3)60-46(51)49-44(31-38-19-11-7-12-20-38)45(56-33-39-21-13-8-14-22-39)32-50(62(53,54)43-29-27-42(55-6)28-30-43)36-48(4,5)57-37-61(52,58-34-40-23-15-9-16-24-40)59-35-41-25-17-10-18-26-41/h7-30,44-45H,31-37H2,1-6H3,(H,49,51). The number of ether oxygens (including phenoxy) is 4. The highest BCUT2D eigenvalue weighted by Gasteiger charge is 2.38. The van der Waals surface area contributed by atoms with Crippen molar-refractivity contribution in [3.63, 3.8) is 0 Å². The Morgan fingerprint density at radius 3 is 1.61 bits per heavy atom. The first-order valence-corrected chi connectivity index (χ1v) is 23.6. The van der Waals surface area contributed by atoms with E-state index < -0.39 is 53.4 Å². The lowest BCUT2D eigenvalue weighted by Gasteiger charge is -2.37. The Morgan fingerprint density at radius 1 is 0.677 bits per heavy atom. The first-order valence-electron chi connectivity index (χ1n) is 20.5. The van der Waals surface area contributed by atoms with Gasteiger partial charge in [0.25, 0.3) is 0 Å². The average molecular weight is 887 g/mol. The second-order valence-electron chi connectivity index (χ2n) is 16.4. The van der Waals surface area contributed by atoms with E-state index >= 15 is 0 Å². The first-order chi connectivity index (χ1) is 29.5. The van der Waals surface area contributed by atoms with Gasteiger partial charge >= 0.3 is 13.7 Å². The van der Waals surface area contributed by atoms with E-state index in [4.69, 9.17) is 28.0 Å². The summed E-state index contributed by atoms with van der Waals surface area (Å²) < 4.78 is 81.5. The Kier molecular flexibility index (Phi) is 17.5. The minimum atomic E-state index is -4.30. The number of nitrogens with one attached hydrogen (secondary N) is 1. The highest BCUT2D eigenvalue weighted by atomic mass is 32.2. The molecule has 5 rings (SSSR count). The number of amides is 1. The van der Waals surface area contributed by atoms with Crippen molar-refractivity contribution >= 4 is 23.7 Å². The third-order valence-corrected chi connectivity index (χ3v) is 12.9. The average Bonchev–Trinajstić information content (AvgIpc) is 3.26. The molecule has 2 atom stereocenters. The molecule has 0 aromatic heterocycles. The van der Waals surface area contributed by atoms with Crippen LogP contribution in [0.15, 0.2) is 150 Å². The van der Waals surface area contributed by atoms with Gasteiger partial charge in [0.2, 0.25) is 10.0 Å². The summed E-state index contributed by atoms with van der Waals surface area (Å²) in [5, 5.41) is 3.01. The Hall–Kier alpha value is -4.85. The maximum atomic E-state index is 14.9. The van der Waals surface area contributed by atoms with Gasteiger partial charge in [-0.1, -0.05) is 121 Å². The summed E-state index contributed by atoms with van der Waals surface area (Å²) in [4.78, 5) is 13.5. The molecule has 0 bridgehead atoms. The van der Waals surface area contributed by atoms with E-state index in [9.17, 15) is 17.8 Å². The molecule has 0 heterocycles. The molecule has 1 N–H and O–H groups in total. The molecule has 0 saturated carbocycles. The second-order valence-corrected chi connectivity index (χ2v) is 20.3.